The normalized spacial score (nSPS) is 22.2. The van der Waals surface area contributed by atoms with Gasteiger partial charge in [0.25, 0.3) is 0 Å². The quantitative estimate of drug-likeness (QED) is 0.757. The van der Waals surface area contributed by atoms with Gasteiger partial charge in [-0.25, -0.2) is 4.39 Å². The molecule has 2 aliphatic rings. The molecule has 1 aromatic rings. The van der Waals surface area contributed by atoms with Gasteiger partial charge in [-0.3, -0.25) is 14.4 Å². The standard InChI is InChI=1S/C21H26FN3O3/c1-2-19(26)23-18-14-25(21(28)10-13-24-11-3-4-20(24)27)12-9-17(18)15-5-7-16(22)8-6-15/h2,5-8,17-18H,1,3-4,9-14H2,(H,23,26)/t17-,18+/m0/s1. The molecule has 150 valence electrons. The number of carbonyl (C=O) groups excluding carboxylic acids is 3. The fraction of sp³-hybridized carbons (Fsp3) is 0.476. The summed E-state index contributed by atoms with van der Waals surface area (Å²) in [6.45, 7) is 5.60. The van der Waals surface area contributed by atoms with Gasteiger partial charge >= 0.3 is 0 Å². The van der Waals surface area contributed by atoms with Crippen molar-refractivity contribution in [2.45, 2.75) is 37.6 Å². The zero-order valence-corrected chi connectivity index (χ0v) is 15.9. The van der Waals surface area contributed by atoms with Crippen LogP contribution in [0.25, 0.3) is 0 Å². The van der Waals surface area contributed by atoms with Crippen molar-refractivity contribution in [2.75, 3.05) is 26.2 Å². The molecular formula is C21H26FN3O3. The summed E-state index contributed by atoms with van der Waals surface area (Å²) in [7, 11) is 0. The highest BCUT2D eigenvalue weighted by molar-refractivity contribution is 5.87. The zero-order valence-electron chi connectivity index (χ0n) is 15.9. The summed E-state index contributed by atoms with van der Waals surface area (Å²) in [4.78, 5) is 39.7. The molecule has 0 bridgehead atoms. The predicted molar refractivity (Wildman–Crippen MR) is 103 cm³/mol. The van der Waals surface area contributed by atoms with Crippen LogP contribution in [0.4, 0.5) is 4.39 Å². The van der Waals surface area contributed by atoms with Gasteiger partial charge in [-0.1, -0.05) is 18.7 Å². The summed E-state index contributed by atoms with van der Waals surface area (Å²) in [6.07, 6.45) is 3.58. The Labute approximate surface area is 164 Å². The lowest BCUT2D eigenvalue weighted by molar-refractivity contribution is -0.135. The molecule has 3 amide bonds. The molecule has 2 heterocycles. The Bertz CT molecular complexity index is 750. The van der Waals surface area contributed by atoms with Crippen molar-refractivity contribution in [3.8, 4) is 0 Å². The van der Waals surface area contributed by atoms with Crippen LogP contribution in [-0.4, -0.2) is 59.7 Å². The molecule has 2 fully saturated rings. The van der Waals surface area contributed by atoms with Crippen LogP contribution < -0.4 is 5.32 Å². The molecule has 0 spiro atoms. The largest absolute Gasteiger partial charge is 0.347 e. The van der Waals surface area contributed by atoms with Gasteiger partial charge in [-0.15, -0.1) is 0 Å². The first-order valence-corrected chi connectivity index (χ1v) is 9.72. The van der Waals surface area contributed by atoms with Crippen LogP contribution in [0.3, 0.4) is 0 Å². The first kappa shape index (κ1) is 20.0. The third-order valence-electron chi connectivity index (χ3n) is 5.54. The molecule has 0 saturated carbocycles. The molecule has 0 unspecified atom stereocenters. The van der Waals surface area contributed by atoms with Gasteiger partial charge < -0.3 is 15.1 Å². The average molecular weight is 387 g/mol. The second-order valence-corrected chi connectivity index (χ2v) is 7.34. The molecule has 0 aliphatic carbocycles. The summed E-state index contributed by atoms with van der Waals surface area (Å²) >= 11 is 0. The van der Waals surface area contributed by atoms with Gasteiger partial charge in [-0.2, -0.15) is 0 Å². The first-order chi connectivity index (χ1) is 13.5. The molecule has 1 N–H and O–H groups in total. The molecule has 2 saturated heterocycles. The second-order valence-electron chi connectivity index (χ2n) is 7.34. The topological polar surface area (TPSA) is 69.7 Å². The lowest BCUT2D eigenvalue weighted by atomic mass is 9.85. The number of rotatable bonds is 6. The number of hydrogen-bond donors (Lipinski definition) is 1. The molecule has 2 aliphatic heterocycles. The van der Waals surface area contributed by atoms with Gasteiger partial charge in [0.1, 0.15) is 5.82 Å². The lowest BCUT2D eigenvalue weighted by Gasteiger charge is -2.39. The van der Waals surface area contributed by atoms with Crippen LogP contribution in [0.5, 0.6) is 0 Å². The Hall–Kier alpha value is -2.70. The molecule has 7 heteroatoms. The SMILES string of the molecule is C=CC(=O)N[C@@H]1CN(C(=O)CCN2CCCC2=O)CC[C@H]1c1ccc(F)cc1. The van der Waals surface area contributed by atoms with Crippen molar-refractivity contribution < 1.29 is 18.8 Å². The van der Waals surface area contributed by atoms with Crippen LogP contribution in [0.1, 0.15) is 37.2 Å². The fourth-order valence-corrected chi connectivity index (χ4v) is 4.00. The summed E-state index contributed by atoms with van der Waals surface area (Å²) in [6, 6.07) is 5.99. The van der Waals surface area contributed by atoms with Gasteiger partial charge in [0.05, 0.1) is 6.04 Å². The zero-order chi connectivity index (χ0) is 20.1. The number of likely N-dealkylation sites (tertiary alicyclic amines) is 2. The number of halogens is 1. The molecule has 3 rings (SSSR count). The number of hydrogen-bond acceptors (Lipinski definition) is 3. The van der Waals surface area contributed by atoms with Crippen molar-refractivity contribution in [1.29, 1.82) is 0 Å². The van der Waals surface area contributed by atoms with E-state index in [9.17, 15) is 18.8 Å². The fourth-order valence-electron chi connectivity index (χ4n) is 4.00. The van der Waals surface area contributed by atoms with E-state index in [1.165, 1.54) is 18.2 Å². The van der Waals surface area contributed by atoms with E-state index in [-0.39, 0.29) is 41.9 Å². The minimum Gasteiger partial charge on any atom is -0.347 e. The van der Waals surface area contributed by atoms with E-state index >= 15 is 0 Å². The predicted octanol–water partition coefficient (Wildman–Crippen LogP) is 1.82. The van der Waals surface area contributed by atoms with Crippen molar-refractivity contribution in [3.63, 3.8) is 0 Å². The highest BCUT2D eigenvalue weighted by Gasteiger charge is 2.33. The Balaban J connectivity index is 1.64. The first-order valence-electron chi connectivity index (χ1n) is 9.72. The van der Waals surface area contributed by atoms with Crippen LogP contribution in [0, 0.1) is 5.82 Å². The summed E-state index contributed by atoms with van der Waals surface area (Å²) in [5, 5.41) is 2.91. The van der Waals surface area contributed by atoms with Gasteiger partial charge in [-0.05, 0) is 36.6 Å². The van der Waals surface area contributed by atoms with E-state index in [4.69, 9.17) is 0 Å². The van der Waals surface area contributed by atoms with E-state index in [0.29, 0.717) is 32.5 Å². The van der Waals surface area contributed by atoms with Gasteiger partial charge in [0.15, 0.2) is 0 Å². The lowest BCUT2D eigenvalue weighted by Crippen LogP contribution is -2.53. The highest BCUT2D eigenvalue weighted by atomic mass is 19.1. The van der Waals surface area contributed by atoms with E-state index < -0.39 is 0 Å². The van der Waals surface area contributed by atoms with Crippen molar-refractivity contribution in [3.05, 3.63) is 48.3 Å². The van der Waals surface area contributed by atoms with Gasteiger partial charge in [0, 0.05) is 44.9 Å². The number of carbonyl (C=O) groups is 3. The summed E-state index contributed by atoms with van der Waals surface area (Å²) in [5.74, 6) is -0.517. The molecule has 28 heavy (non-hydrogen) atoms. The van der Waals surface area contributed by atoms with E-state index in [0.717, 1.165) is 18.5 Å². The maximum Gasteiger partial charge on any atom is 0.243 e. The molecule has 0 radical (unpaired) electrons. The van der Waals surface area contributed by atoms with E-state index in [1.807, 2.05) is 0 Å². The molecular weight excluding hydrogens is 361 g/mol. The summed E-state index contributed by atoms with van der Waals surface area (Å²) in [5.41, 5.74) is 0.936. The van der Waals surface area contributed by atoms with Crippen molar-refractivity contribution >= 4 is 17.7 Å². The Kier molecular flexibility index (Phi) is 6.44. The van der Waals surface area contributed by atoms with Crippen LogP contribution >= 0.6 is 0 Å². The number of nitrogens with zero attached hydrogens (tertiary/aromatic N) is 2. The Morgan fingerprint density at radius 1 is 1.25 bits per heavy atom. The minimum absolute atomic E-state index is 0.00582. The number of benzene rings is 1. The number of amides is 3. The van der Waals surface area contributed by atoms with Gasteiger partial charge in [0.2, 0.25) is 17.7 Å². The van der Waals surface area contributed by atoms with Crippen molar-refractivity contribution in [2.24, 2.45) is 0 Å². The minimum atomic E-state index is -0.306. The number of piperidine rings is 1. The number of nitrogens with one attached hydrogen (secondary N) is 1. The molecule has 0 aromatic heterocycles. The smallest absolute Gasteiger partial charge is 0.243 e. The van der Waals surface area contributed by atoms with E-state index in [2.05, 4.69) is 11.9 Å². The monoisotopic (exact) mass is 387 g/mol. The Morgan fingerprint density at radius 2 is 2.00 bits per heavy atom. The second kappa shape index (κ2) is 8.99. The maximum absolute atomic E-state index is 13.3. The third kappa shape index (κ3) is 4.77. The van der Waals surface area contributed by atoms with Crippen LogP contribution in [0.15, 0.2) is 36.9 Å². The maximum atomic E-state index is 13.3. The third-order valence-corrected chi connectivity index (χ3v) is 5.54. The van der Waals surface area contributed by atoms with Crippen LogP contribution in [0.2, 0.25) is 0 Å². The summed E-state index contributed by atoms with van der Waals surface area (Å²) < 4.78 is 13.3. The molecule has 6 nitrogen and oxygen atoms in total. The highest BCUT2D eigenvalue weighted by Crippen LogP contribution is 2.29. The molecule has 1 aromatic carbocycles. The molecule has 2 atom stereocenters. The van der Waals surface area contributed by atoms with E-state index in [1.54, 1.807) is 21.9 Å². The Morgan fingerprint density at radius 3 is 2.64 bits per heavy atom. The van der Waals surface area contributed by atoms with Crippen molar-refractivity contribution in [1.82, 2.24) is 15.1 Å². The average Bonchev–Trinajstić information content (AvgIpc) is 3.11. The van der Waals surface area contributed by atoms with Crippen LogP contribution in [-0.2, 0) is 14.4 Å².